The maximum absolute atomic E-state index is 12.5. The summed E-state index contributed by atoms with van der Waals surface area (Å²) in [6.07, 6.45) is 1.17. The molecule has 0 saturated carbocycles. The number of nitrogens with two attached hydrogens (primary N) is 1. The van der Waals surface area contributed by atoms with E-state index in [1.807, 2.05) is 6.92 Å². The van der Waals surface area contributed by atoms with Crippen LogP contribution in [-0.2, 0) is 14.6 Å². The zero-order valence-corrected chi connectivity index (χ0v) is 17.8. The standard InChI is InChI=1S/C17H15ClN4O3S3/c1-10-11(18)4-2-5-12(10)21-14(23)9-27-17-20-8-13(16(19)22-17)28(24,25)15-6-3-7-26-15/h2-8H,9H2,1H3,(H,21,23)(H2,19,20,22). The van der Waals surface area contributed by atoms with Crippen LogP contribution in [0.25, 0.3) is 0 Å². The average molecular weight is 455 g/mol. The summed E-state index contributed by atoms with van der Waals surface area (Å²) in [6.45, 7) is 1.81. The number of thioether (sulfide) groups is 1. The second-order valence-corrected chi connectivity index (χ2v) is 10.0. The first-order valence-corrected chi connectivity index (χ1v) is 11.6. The molecular formula is C17H15ClN4O3S3. The highest BCUT2D eigenvalue weighted by Crippen LogP contribution is 2.29. The summed E-state index contributed by atoms with van der Waals surface area (Å²) in [5, 5.41) is 5.19. The molecule has 0 radical (unpaired) electrons. The van der Waals surface area contributed by atoms with Gasteiger partial charge in [0, 0.05) is 10.7 Å². The number of hydrogen-bond acceptors (Lipinski definition) is 8. The molecule has 0 saturated heterocycles. The highest BCUT2D eigenvalue weighted by molar-refractivity contribution is 7.99. The van der Waals surface area contributed by atoms with Crippen molar-refractivity contribution in [3.05, 3.63) is 52.5 Å². The molecule has 0 spiro atoms. The lowest BCUT2D eigenvalue weighted by Crippen LogP contribution is -2.15. The number of carbonyl (C=O) groups is 1. The summed E-state index contributed by atoms with van der Waals surface area (Å²) in [5.74, 6) is -0.396. The highest BCUT2D eigenvalue weighted by atomic mass is 35.5. The number of nitrogens with zero attached hydrogens (tertiary/aromatic N) is 2. The predicted octanol–water partition coefficient (Wildman–Crippen LogP) is 3.65. The summed E-state index contributed by atoms with van der Waals surface area (Å²) >= 11 is 8.17. The van der Waals surface area contributed by atoms with E-state index in [4.69, 9.17) is 17.3 Å². The first kappa shape index (κ1) is 20.6. The van der Waals surface area contributed by atoms with E-state index in [0.29, 0.717) is 10.7 Å². The average Bonchev–Trinajstić information content (AvgIpc) is 3.19. The molecule has 3 N–H and O–H groups in total. The lowest BCUT2D eigenvalue weighted by atomic mass is 10.2. The molecule has 0 bridgehead atoms. The Morgan fingerprint density at radius 1 is 1.32 bits per heavy atom. The number of benzene rings is 1. The zero-order chi connectivity index (χ0) is 20.3. The highest BCUT2D eigenvalue weighted by Gasteiger charge is 2.23. The molecule has 146 valence electrons. The molecule has 0 aliphatic heterocycles. The van der Waals surface area contributed by atoms with Crippen LogP contribution in [0.3, 0.4) is 0 Å². The van der Waals surface area contributed by atoms with E-state index in [1.165, 1.54) is 12.3 Å². The topological polar surface area (TPSA) is 115 Å². The fourth-order valence-corrected chi connectivity index (χ4v) is 5.40. The van der Waals surface area contributed by atoms with Crippen LogP contribution in [0.1, 0.15) is 5.56 Å². The maximum Gasteiger partial charge on any atom is 0.234 e. The Morgan fingerprint density at radius 2 is 2.11 bits per heavy atom. The number of carbonyl (C=O) groups excluding carboxylic acids is 1. The van der Waals surface area contributed by atoms with Gasteiger partial charge in [0.1, 0.15) is 14.9 Å². The normalized spacial score (nSPS) is 11.4. The number of hydrogen-bond donors (Lipinski definition) is 2. The minimum absolute atomic E-state index is 0.0302. The lowest BCUT2D eigenvalue weighted by molar-refractivity contribution is -0.113. The third-order valence-electron chi connectivity index (χ3n) is 3.68. The van der Waals surface area contributed by atoms with Gasteiger partial charge in [-0.15, -0.1) is 11.3 Å². The number of rotatable bonds is 6. The summed E-state index contributed by atoms with van der Waals surface area (Å²) in [7, 11) is -3.76. The fraction of sp³-hybridized carbons (Fsp3) is 0.118. The van der Waals surface area contributed by atoms with Crippen LogP contribution in [0.15, 0.2) is 56.2 Å². The number of nitrogen functional groups attached to an aromatic ring is 1. The maximum atomic E-state index is 12.5. The summed E-state index contributed by atoms with van der Waals surface area (Å²) in [5.41, 5.74) is 7.22. The molecule has 0 unspecified atom stereocenters. The van der Waals surface area contributed by atoms with E-state index in [1.54, 1.807) is 29.6 Å². The SMILES string of the molecule is Cc1c(Cl)cccc1NC(=O)CSc1ncc(S(=O)(=O)c2cccs2)c(N)n1. The molecule has 1 aromatic carbocycles. The van der Waals surface area contributed by atoms with Crippen molar-refractivity contribution < 1.29 is 13.2 Å². The Bertz CT molecular complexity index is 1120. The van der Waals surface area contributed by atoms with Gasteiger partial charge >= 0.3 is 0 Å². The fourth-order valence-electron chi connectivity index (χ4n) is 2.23. The van der Waals surface area contributed by atoms with E-state index in [2.05, 4.69) is 15.3 Å². The third-order valence-corrected chi connectivity index (χ3v) is 8.12. The van der Waals surface area contributed by atoms with Crippen LogP contribution < -0.4 is 11.1 Å². The van der Waals surface area contributed by atoms with Crippen LogP contribution in [0.4, 0.5) is 11.5 Å². The molecule has 0 aliphatic rings. The van der Waals surface area contributed by atoms with Crippen molar-refractivity contribution in [1.82, 2.24) is 9.97 Å². The molecule has 0 atom stereocenters. The van der Waals surface area contributed by atoms with Gasteiger partial charge in [0.2, 0.25) is 15.7 Å². The number of anilines is 2. The molecule has 2 heterocycles. The third kappa shape index (κ3) is 4.46. The molecular weight excluding hydrogens is 440 g/mol. The Labute approximate surface area is 175 Å². The van der Waals surface area contributed by atoms with Crippen molar-refractivity contribution >= 4 is 61.9 Å². The number of sulfone groups is 1. The Morgan fingerprint density at radius 3 is 2.79 bits per heavy atom. The molecule has 11 heteroatoms. The van der Waals surface area contributed by atoms with Gasteiger partial charge in [-0.05, 0) is 36.1 Å². The van der Waals surface area contributed by atoms with Gasteiger partial charge in [0.05, 0.1) is 11.9 Å². The van der Waals surface area contributed by atoms with E-state index >= 15 is 0 Å². The molecule has 0 fully saturated rings. The van der Waals surface area contributed by atoms with Crippen molar-refractivity contribution in [3.63, 3.8) is 0 Å². The molecule has 2 aromatic heterocycles. The van der Waals surface area contributed by atoms with Crippen molar-refractivity contribution in [1.29, 1.82) is 0 Å². The quantitative estimate of drug-likeness (QED) is 0.431. The lowest BCUT2D eigenvalue weighted by Gasteiger charge is -2.09. The largest absolute Gasteiger partial charge is 0.382 e. The number of aromatic nitrogens is 2. The van der Waals surface area contributed by atoms with Crippen molar-refractivity contribution in [2.75, 3.05) is 16.8 Å². The first-order valence-electron chi connectivity index (χ1n) is 7.88. The van der Waals surface area contributed by atoms with Gasteiger partial charge in [-0.2, -0.15) is 0 Å². The molecule has 7 nitrogen and oxygen atoms in total. The predicted molar refractivity (Wildman–Crippen MR) is 112 cm³/mol. The van der Waals surface area contributed by atoms with Gasteiger partial charge in [-0.3, -0.25) is 4.79 Å². The van der Waals surface area contributed by atoms with E-state index < -0.39 is 9.84 Å². The van der Waals surface area contributed by atoms with Crippen molar-refractivity contribution in [2.45, 2.75) is 21.2 Å². The van der Waals surface area contributed by atoms with Crippen molar-refractivity contribution in [3.8, 4) is 0 Å². The number of nitrogens with one attached hydrogen (secondary N) is 1. The molecule has 28 heavy (non-hydrogen) atoms. The van der Waals surface area contributed by atoms with Crippen LogP contribution in [0.2, 0.25) is 5.02 Å². The second-order valence-electron chi connectivity index (χ2n) is 5.59. The van der Waals surface area contributed by atoms with Crippen LogP contribution in [-0.4, -0.2) is 30.0 Å². The van der Waals surface area contributed by atoms with Crippen LogP contribution >= 0.6 is 34.7 Å². The summed E-state index contributed by atoms with van der Waals surface area (Å²) < 4.78 is 25.2. The molecule has 3 rings (SSSR count). The number of halogens is 1. The minimum Gasteiger partial charge on any atom is -0.382 e. The first-order chi connectivity index (χ1) is 13.3. The number of amides is 1. The molecule has 1 amide bonds. The zero-order valence-electron chi connectivity index (χ0n) is 14.5. The molecule has 0 aliphatic carbocycles. The van der Waals surface area contributed by atoms with E-state index in [-0.39, 0.29) is 31.7 Å². The van der Waals surface area contributed by atoms with E-state index in [9.17, 15) is 13.2 Å². The van der Waals surface area contributed by atoms with Gasteiger partial charge in [-0.25, -0.2) is 18.4 Å². The van der Waals surface area contributed by atoms with Gasteiger partial charge in [-0.1, -0.05) is 35.5 Å². The summed E-state index contributed by atoms with van der Waals surface area (Å²) in [4.78, 5) is 20.0. The van der Waals surface area contributed by atoms with E-state index in [0.717, 1.165) is 28.7 Å². The van der Waals surface area contributed by atoms with Gasteiger partial charge in [0.25, 0.3) is 0 Å². The van der Waals surface area contributed by atoms with Crippen molar-refractivity contribution in [2.24, 2.45) is 0 Å². The Hall–Kier alpha value is -2.14. The monoisotopic (exact) mass is 454 g/mol. The molecule has 3 aromatic rings. The van der Waals surface area contributed by atoms with Gasteiger partial charge < -0.3 is 11.1 Å². The minimum atomic E-state index is -3.76. The Balaban J connectivity index is 1.68. The smallest absolute Gasteiger partial charge is 0.234 e. The van der Waals surface area contributed by atoms with Crippen LogP contribution in [0, 0.1) is 6.92 Å². The second kappa shape index (κ2) is 8.48. The Kier molecular flexibility index (Phi) is 6.23. The number of thiophene rings is 1. The summed E-state index contributed by atoms with van der Waals surface area (Å²) in [6, 6.07) is 8.37. The van der Waals surface area contributed by atoms with Crippen LogP contribution in [0.5, 0.6) is 0 Å². The van der Waals surface area contributed by atoms with Gasteiger partial charge in [0.15, 0.2) is 5.16 Å².